The van der Waals surface area contributed by atoms with Gasteiger partial charge in [0, 0.05) is 0 Å². The summed E-state index contributed by atoms with van der Waals surface area (Å²) >= 11 is 0. The topological polar surface area (TPSA) is 260 Å². The molecule has 12 atom stereocenters. The molecule has 0 aliphatic carbocycles. The highest BCUT2D eigenvalue weighted by Crippen LogP contribution is 2.07. The molecule has 21 heteroatoms. The summed E-state index contributed by atoms with van der Waals surface area (Å²) in [6.45, 7) is 31.4. The van der Waals surface area contributed by atoms with Crippen LogP contribution < -0.4 is 0 Å². The molecule has 6 N–H and O–H groups in total. The Morgan fingerprint density at radius 2 is 0.391 bits per heavy atom. The molecule has 0 spiro atoms. The highest BCUT2D eigenvalue weighted by molar-refractivity contribution is 4.61. The zero-order valence-electron chi connectivity index (χ0n) is 44.7. The number of rotatable bonds is 48. The van der Waals surface area contributed by atoms with Gasteiger partial charge in [-0.1, -0.05) is 0 Å². The van der Waals surface area contributed by atoms with Crippen LogP contribution in [-0.2, 0) is 71.1 Å². The molecule has 0 saturated carbocycles. The second-order valence-corrected chi connectivity index (χ2v) is 17.0. The third kappa shape index (κ3) is 57.9. The van der Waals surface area contributed by atoms with Gasteiger partial charge in [-0.05, 0) is 83.1 Å². The number of aliphatic hydroxyl groups excluding tert-OH is 6. The van der Waals surface area contributed by atoms with Gasteiger partial charge >= 0.3 is 0 Å². The Morgan fingerprint density at radius 1 is 0.232 bits per heavy atom. The van der Waals surface area contributed by atoms with Crippen LogP contribution in [0.4, 0.5) is 0 Å². The fourth-order valence-electron chi connectivity index (χ4n) is 4.74. The minimum Gasteiger partial charge on any atom is -0.394 e. The standard InChI is InChI=1S/C36H74O13.2C6H14O4/c1-25(38)14-39-27(3)16-41-29(5)18-43-31(7)20-45-33(9)22-47-35(11)24-49-36(12)23-48-34(10)21-46-32(8)19-44-30(6)17-42-28(4)15-40-26(2)13-37;2*7-1-3-9-5-6-10-4-2-8/h25-38H,13-24H2,1-12H3;2*7-8H,1-6H2. The molecule has 0 bridgehead atoms. The lowest BCUT2D eigenvalue weighted by molar-refractivity contribution is -0.113. The van der Waals surface area contributed by atoms with Crippen molar-refractivity contribution in [1.29, 1.82) is 0 Å². The third-order valence-electron chi connectivity index (χ3n) is 8.72. The van der Waals surface area contributed by atoms with Crippen molar-refractivity contribution in [1.82, 2.24) is 0 Å². The van der Waals surface area contributed by atoms with Crippen LogP contribution in [0.2, 0.25) is 0 Å². The molecule has 12 unspecified atom stereocenters. The van der Waals surface area contributed by atoms with E-state index in [2.05, 4.69) is 0 Å². The van der Waals surface area contributed by atoms with Crippen LogP contribution >= 0.6 is 0 Å². The van der Waals surface area contributed by atoms with Crippen molar-refractivity contribution in [2.24, 2.45) is 0 Å². The van der Waals surface area contributed by atoms with Crippen molar-refractivity contribution in [2.45, 2.75) is 156 Å². The fourth-order valence-corrected chi connectivity index (χ4v) is 4.74. The summed E-state index contributed by atoms with van der Waals surface area (Å²) in [5.74, 6) is 0. The average molecular weight is 1020 g/mol. The van der Waals surface area contributed by atoms with E-state index in [-0.39, 0.29) is 100 Å². The van der Waals surface area contributed by atoms with Crippen LogP contribution in [0, 0.1) is 0 Å². The third-order valence-corrected chi connectivity index (χ3v) is 8.72. The van der Waals surface area contributed by atoms with Gasteiger partial charge in [0.05, 0.1) is 232 Å². The molecular weight excluding hydrogens is 913 g/mol. The number of hydrogen-bond donors (Lipinski definition) is 6. The molecule has 0 aromatic heterocycles. The van der Waals surface area contributed by atoms with Gasteiger partial charge in [0.25, 0.3) is 0 Å². The Kier molecular flexibility index (Phi) is 56.1. The maximum absolute atomic E-state index is 9.30. The minimum atomic E-state index is -0.488. The normalized spacial score (nSPS) is 17.0. The van der Waals surface area contributed by atoms with E-state index in [1.54, 1.807) is 6.92 Å². The van der Waals surface area contributed by atoms with E-state index in [1.165, 1.54) is 0 Å². The largest absolute Gasteiger partial charge is 0.394 e. The van der Waals surface area contributed by atoms with Crippen molar-refractivity contribution < 1.29 is 102 Å². The molecule has 21 nitrogen and oxygen atoms in total. The summed E-state index contributed by atoms with van der Waals surface area (Å²) in [5.41, 5.74) is 0. The summed E-state index contributed by atoms with van der Waals surface area (Å²) in [6, 6.07) is 0. The van der Waals surface area contributed by atoms with Crippen LogP contribution in [0.3, 0.4) is 0 Å². The highest BCUT2D eigenvalue weighted by Gasteiger charge is 2.16. The van der Waals surface area contributed by atoms with Crippen molar-refractivity contribution >= 4 is 0 Å². The van der Waals surface area contributed by atoms with E-state index in [0.717, 1.165) is 0 Å². The minimum absolute atomic E-state index is 0.00643. The Balaban J connectivity index is -0.00000179. The summed E-state index contributed by atoms with van der Waals surface area (Å²) in [7, 11) is 0. The van der Waals surface area contributed by atoms with Crippen LogP contribution in [0.5, 0.6) is 0 Å². The van der Waals surface area contributed by atoms with E-state index in [4.69, 9.17) is 96.6 Å². The molecule has 0 fully saturated rings. The van der Waals surface area contributed by atoms with Crippen LogP contribution in [0.15, 0.2) is 0 Å². The quantitative estimate of drug-likeness (QED) is 0.0475. The molecule has 0 aliphatic rings. The predicted octanol–water partition coefficient (Wildman–Crippen LogP) is 1.82. The van der Waals surface area contributed by atoms with Gasteiger partial charge in [0.15, 0.2) is 0 Å². The molecule has 0 heterocycles. The molecule has 0 radical (unpaired) electrons. The van der Waals surface area contributed by atoms with Crippen molar-refractivity contribution in [3.63, 3.8) is 0 Å². The first-order valence-electron chi connectivity index (χ1n) is 24.7. The van der Waals surface area contributed by atoms with Gasteiger partial charge in [-0.2, -0.15) is 0 Å². The van der Waals surface area contributed by atoms with Gasteiger partial charge in [-0.25, -0.2) is 0 Å². The van der Waals surface area contributed by atoms with Crippen LogP contribution in [0.25, 0.3) is 0 Å². The molecule has 0 saturated heterocycles. The van der Waals surface area contributed by atoms with E-state index < -0.39 is 6.10 Å². The van der Waals surface area contributed by atoms with Gasteiger partial charge in [-0.15, -0.1) is 0 Å². The van der Waals surface area contributed by atoms with Gasteiger partial charge in [0.2, 0.25) is 0 Å². The highest BCUT2D eigenvalue weighted by atomic mass is 16.6. The van der Waals surface area contributed by atoms with E-state index >= 15 is 0 Å². The van der Waals surface area contributed by atoms with Crippen LogP contribution in [-0.4, -0.2) is 262 Å². The molecular formula is C48H102O21. The molecule has 420 valence electrons. The predicted molar refractivity (Wildman–Crippen MR) is 260 cm³/mol. The molecule has 0 aromatic carbocycles. The molecule has 0 aromatic rings. The fraction of sp³-hybridized carbons (Fsp3) is 1.00. The van der Waals surface area contributed by atoms with E-state index in [1.807, 2.05) is 76.2 Å². The summed E-state index contributed by atoms with van der Waals surface area (Å²) in [4.78, 5) is 0. The lowest BCUT2D eigenvalue weighted by atomic mass is 10.3. The molecule has 0 amide bonds. The lowest BCUT2D eigenvalue weighted by Crippen LogP contribution is -2.31. The zero-order valence-corrected chi connectivity index (χ0v) is 44.7. The summed E-state index contributed by atoms with van der Waals surface area (Å²) in [6.07, 6.45) is -1.54. The Labute approximate surface area is 415 Å². The summed E-state index contributed by atoms with van der Waals surface area (Å²) < 4.78 is 83.3. The van der Waals surface area contributed by atoms with Crippen molar-refractivity contribution in [3.8, 4) is 0 Å². The van der Waals surface area contributed by atoms with E-state index in [9.17, 15) is 5.11 Å². The molecule has 0 aliphatic heterocycles. The Bertz CT molecular complexity index is 961. The molecule has 0 rings (SSSR count). The van der Waals surface area contributed by atoms with Crippen LogP contribution in [0.1, 0.15) is 83.1 Å². The monoisotopic (exact) mass is 1010 g/mol. The Hall–Kier alpha value is -0.840. The van der Waals surface area contributed by atoms with Gasteiger partial charge < -0.3 is 102 Å². The maximum atomic E-state index is 9.30. The van der Waals surface area contributed by atoms with Gasteiger partial charge in [-0.3, -0.25) is 0 Å². The summed E-state index contributed by atoms with van der Waals surface area (Å²) in [5, 5.41) is 51.4. The van der Waals surface area contributed by atoms with Crippen molar-refractivity contribution in [2.75, 3.05) is 159 Å². The van der Waals surface area contributed by atoms with E-state index in [0.29, 0.717) is 126 Å². The second-order valence-electron chi connectivity index (χ2n) is 17.0. The maximum Gasteiger partial charge on any atom is 0.0781 e. The zero-order chi connectivity index (χ0) is 52.5. The molecule has 69 heavy (non-hydrogen) atoms. The first kappa shape index (κ1) is 72.4. The SMILES string of the molecule is CC(O)COC(C)COC(C)COC(C)COC(C)COC(C)COC(C)COC(C)COC(C)COC(C)COC(C)COC(C)CO.OCCOCCOCCO.OCCOCCOCCO. The number of ether oxygens (including phenoxy) is 15. The first-order valence-corrected chi connectivity index (χ1v) is 24.7. The lowest BCUT2D eigenvalue weighted by Gasteiger charge is -2.23. The average Bonchev–Trinajstić information content (AvgIpc) is 3.33. The van der Waals surface area contributed by atoms with Crippen molar-refractivity contribution in [3.05, 3.63) is 0 Å². The number of hydrogen-bond acceptors (Lipinski definition) is 21. The Morgan fingerprint density at radius 3 is 0.536 bits per heavy atom. The number of aliphatic hydroxyl groups is 6. The van der Waals surface area contributed by atoms with Gasteiger partial charge in [0.1, 0.15) is 0 Å². The second kappa shape index (κ2) is 53.5. The first-order chi connectivity index (χ1) is 32.9. The smallest absolute Gasteiger partial charge is 0.0781 e.